The Kier molecular flexibility index (Phi) is 5.82. The Balaban J connectivity index is 2.41. The van der Waals surface area contributed by atoms with Gasteiger partial charge >= 0.3 is 0 Å². The first kappa shape index (κ1) is 14.9. The van der Waals surface area contributed by atoms with Gasteiger partial charge < -0.3 is 25.5 Å². The average molecular weight is 248 g/mol. The van der Waals surface area contributed by atoms with E-state index >= 15 is 0 Å². The zero-order valence-corrected chi connectivity index (χ0v) is 10.1. The Morgan fingerprint density at radius 1 is 1.12 bits per heavy atom. The molecule has 5 heteroatoms. The molecule has 0 aliphatic heterocycles. The molecule has 1 aliphatic carbocycles. The molecule has 0 bridgehead atoms. The smallest absolute Gasteiger partial charge is 0.108 e. The second kappa shape index (κ2) is 6.66. The van der Waals surface area contributed by atoms with Crippen molar-refractivity contribution in [3.05, 3.63) is 0 Å². The third kappa shape index (κ3) is 4.19. The molecular weight excluding hydrogens is 224 g/mol. The maximum absolute atomic E-state index is 10.2. The molecule has 0 amide bonds. The van der Waals surface area contributed by atoms with Crippen molar-refractivity contribution in [3.63, 3.8) is 0 Å². The van der Waals surface area contributed by atoms with E-state index in [9.17, 15) is 20.4 Å². The highest BCUT2D eigenvalue weighted by molar-refractivity contribution is 4.94. The number of rotatable bonds is 6. The van der Waals surface area contributed by atoms with Gasteiger partial charge in [0.15, 0.2) is 0 Å². The second-order valence-electron chi connectivity index (χ2n) is 5.07. The SMILES string of the molecule is OCCCCC(O)C(O)C1(O)CCC(O)CC1. The number of hydrogen-bond acceptors (Lipinski definition) is 5. The predicted molar refractivity (Wildman–Crippen MR) is 62.4 cm³/mol. The maximum Gasteiger partial charge on any atom is 0.108 e. The standard InChI is InChI=1S/C12H24O5/c13-8-2-1-3-10(15)11(16)12(17)6-4-9(14)5-7-12/h9-11,13-17H,1-8H2. The van der Waals surface area contributed by atoms with Crippen molar-refractivity contribution in [2.75, 3.05) is 6.61 Å². The largest absolute Gasteiger partial charge is 0.396 e. The summed E-state index contributed by atoms with van der Waals surface area (Å²) in [4.78, 5) is 0. The van der Waals surface area contributed by atoms with Crippen LogP contribution in [0.1, 0.15) is 44.9 Å². The monoisotopic (exact) mass is 248 g/mol. The molecule has 0 aromatic carbocycles. The molecule has 1 saturated carbocycles. The van der Waals surface area contributed by atoms with Gasteiger partial charge in [-0.3, -0.25) is 0 Å². The molecule has 1 aliphatic rings. The van der Waals surface area contributed by atoms with Crippen LogP contribution in [0, 0.1) is 0 Å². The fourth-order valence-electron chi connectivity index (χ4n) is 2.38. The molecule has 1 fully saturated rings. The van der Waals surface area contributed by atoms with Crippen LogP contribution in [0.15, 0.2) is 0 Å². The molecule has 2 atom stereocenters. The molecule has 17 heavy (non-hydrogen) atoms. The molecule has 102 valence electrons. The lowest BCUT2D eigenvalue weighted by Gasteiger charge is -2.39. The minimum absolute atomic E-state index is 0.0687. The van der Waals surface area contributed by atoms with Crippen LogP contribution >= 0.6 is 0 Å². The van der Waals surface area contributed by atoms with Crippen LogP contribution in [0.3, 0.4) is 0 Å². The zero-order valence-electron chi connectivity index (χ0n) is 10.1. The molecule has 0 saturated heterocycles. The lowest BCUT2D eigenvalue weighted by Crippen LogP contribution is -2.51. The van der Waals surface area contributed by atoms with E-state index in [4.69, 9.17) is 5.11 Å². The van der Waals surface area contributed by atoms with E-state index in [0.717, 1.165) is 0 Å². The van der Waals surface area contributed by atoms with Crippen LogP contribution in [-0.4, -0.2) is 56.1 Å². The molecule has 2 unspecified atom stereocenters. The normalized spacial score (nSPS) is 33.4. The molecule has 0 radical (unpaired) electrons. The molecular formula is C12H24O5. The first-order chi connectivity index (χ1) is 7.99. The van der Waals surface area contributed by atoms with Gasteiger partial charge in [-0.25, -0.2) is 0 Å². The third-order valence-corrected chi connectivity index (χ3v) is 3.64. The molecule has 0 heterocycles. The van der Waals surface area contributed by atoms with Gasteiger partial charge in [0.25, 0.3) is 0 Å². The van der Waals surface area contributed by atoms with E-state index in [-0.39, 0.29) is 6.61 Å². The van der Waals surface area contributed by atoms with E-state index in [1.807, 2.05) is 0 Å². The van der Waals surface area contributed by atoms with Gasteiger partial charge in [0.2, 0.25) is 0 Å². The minimum atomic E-state index is -1.28. The van der Waals surface area contributed by atoms with Crippen LogP contribution in [0.5, 0.6) is 0 Å². The second-order valence-corrected chi connectivity index (χ2v) is 5.07. The molecule has 0 spiro atoms. The first-order valence-electron chi connectivity index (χ1n) is 6.37. The topological polar surface area (TPSA) is 101 Å². The van der Waals surface area contributed by atoms with Gasteiger partial charge in [0.1, 0.15) is 6.10 Å². The Hall–Kier alpha value is -0.200. The lowest BCUT2D eigenvalue weighted by molar-refractivity contribution is -0.152. The summed E-state index contributed by atoms with van der Waals surface area (Å²) in [5, 5.41) is 47.9. The number of hydrogen-bond donors (Lipinski definition) is 5. The summed E-state index contributed by atoms with van der Waals surface area (Å²) in [6.45, 7) is 0.0687. The highest BCUT2D eigenvalue weighted by Crippen LogP contribution is 2.33. The van der Waals surface area contributed by atoms with Gasteiger partial charge in [-0.2, -0.15) is 0 Å². The Labute approximate surface area is 102 Å². The van der Waals surface area contributed by atoms with Gasteiger partial charge in [-0.1, -0.05) is 0 Å². The summed E-state index contributed by atoms with van der Waals surface area (Å²) in [6.07, 6.45) is 0.553. The van der Waals surface area contributed by atoms with Crippen molar-refractivity contribution in [1.82, 2.24) is 0 Å². The summed E-state index contributed by atoms with van der Waals surface area (Å²) in [5.74, 6) is 0. The van der Waals surface area contributed by atoms with Gasteiger partial charge in [-0.15, -0.1) is 0 Å². The minimum Gasteiger partial charge on any atom is -0.396 e. The van der Waals surface area contributed by atoms with Crippen molar-refractivity contribution >= 4 is 0 Å². The third-order valence-electron chi connectivity index (χ3n) is 3.64. The highest BCUT2D eigenvalue weighted by atomic mass is 16.4. The van der Waals surface area contributed by atoms with Crippen molar-refractivity contribution in [3.8, 4) is 0 Å². The number of aliphatic hydroxyl groups excluding tert-OH is 4. The van der Waals surface area contributed by atoms with Gasteiger partial charge in [0.05, 0.1) is 17.8 Å². The predicted octanol–water partition coefficient (Wildman–Crippen LogP) is -0.463. The van der Waals surface area contributed by atoms with Crippen molar-refractivity contribution < 1.29 is 25.5 Å². The number of aliphatic hydroxyl groups is 5. The van der Waals surface area contributed by atoms with Crippen LogP contribution in [0.25, 0.3) is 0 Å². The lowest BCUT2D eigenvalue weighted by atomic mass is 9.77. The summed E-state index contributed by atoms with van der Waals surface area (Å²) in [5.41, 5.74) is -1.28. The van der Waals surface area contributed by atoms with Crippen LogP contribution in [-0.2, 0) is 0 Å². The Morgan fingerprint density at radius 3 is 2.24 bits per heavy atom. The number of unbranched alkanes of at least 4 members (excludes halogenated alkanes) is 1. The van der Waals surface area contributed by atoms with Crippen molar-refractivity contribution in [2.24, 2.45) is 0 Å². The van der Waals surface area contributed by atoms with Crippen LogP contribution < -0.4 is 0 Å². The average Bonchev–Trinajstić information content (AvgIpc) is 2.32. The quantitative estimate of drug-likeness (QED) is 0.409. The van der Waals surface area contributed by atoms with Gasteiger partial charge in [0, 0.05) is 6.61 Å². The Morgan fingerprint density at radius 2 is 1.71 bits per heavy atom. The molecule has 5 N–H and O–H groups in total. The maximum atomic E-state index is 10.2. The zero-order chi connectivity index (χ0) is 12.9. The Bertz CT molecular complexity index is 213. The van der Waals surface area contributed by atoms with E-state index in [1.54, 1.807) is 0 Å². The fraction of sp³-hybridized carbons (Fsp3) is 1.00. The van der Waals surface area contributed by atoms with Crippen molar-refractivity contribution in [2.45, 2.75) is 68.9 Å². The van der Waals surface area contributed by atoms with E-state index in [2.05, 4.69) is 0 Å². The highest BCUT2D eigenvalue weighted by Gasteiger charge is 2.42. The summed E-state index contributed by atoms with van der Waals surface area (Å²) < 4.78 is 0. The molecule has 5 nitrogen and oxygen atoms in total. The van der Waals surface area contributed by atoms with E-state index in [1.165, 1.54) is 0 Å². The van der Waals surface area contributed by atoms with Crippen LogP contribution in [0.2, 0.25) is 0 Å². The molecule has 0 aromatic rings. The molecule has 0 aromatic heterocycles. The summed E-state index contributed by atoms with van der Waals surface area (Å²) in [6, 6.07) is 0. The van der Waals surface area contributed by atoms with E-state index < -0.39 is 23.9 Å². The fourth-order valence-corrected chi connectivity index (χ4v) is 2.38. The molecule has 1 rings (SSSR count). The summed E-state index contributed by atoms with van der Waals surface area (Å²) in [7, 11) is 0. The van der Waals surface area contributed by atoms with Crippen LogP contribution in [0.4, 0.5) is 0 Å². The van der Waals surface area contributed by atoms with E-state index in [0.29, 0.717) is 44.9 Å². The first-order valence-corrected chi connectivity index (χ1v) is 6.37. The van der Waals surface area contributed by atoms with Crippen molar-refractivity contribution in [1.29, 1.82) is 0 Å². The summed E-state index contributed by atoms with van der Waals surface area (Å²) >= 11 is 0. The van der Waals surface area contributed by atoms with Gasteiger partial charge in [-0.05, 0) is 44.9 Å².